The Morgan fingerprint density at radius 1 is 1.16 bits per heavy atom. The molecular formula is C19H23N3O3. The highest BCUT2D eigenvalue weighted by molar-refractivity contribution is 6.05. The number of hydrogen-bond acceptors (Lipinski definition) is 4. The Balaban J connectivity index is 2.04. The van der Waals surface area contributed by atoms with E-state index in [4.69, 9.17) is 4.74 Å². The highest BCUT2D eigenvalue weighted by Gasteiger charge is 2.12. The van der Waals surface area contributed by atoms with Crippen molar-refractivity contribution in [2.75, 3.05) is 19.0 Å². The monoisotopic (exact) mass is 341 g/mol. The van der Waals surface area contributed by atoms with Gasteiger partial charge in [0.15, 0.2) is 0 Å². The van der Waals surface area contributed by atoms with E-state index in [0.717, 1.165) is 6.42 Å². The summed E-state index contributed by atoms with van der Waals surface area (Å²) in [5, 5.41) is 5.59. The number of methoxy groups -OCH3 is 1. The van der Waals surface area contributed by atoms with Crippen molar-refractivity contribution in [3.8, 4) is 5.75 Å². The number of anilines is 1. The summed E-state index contributed by atoms with van der Waals surface area (Å²) in [6.45, 7) is 4.76. The molecule has 1 heterocycles. The number of amides is 2. The quantitative estimate of drug-likeness (QED) is 0.811. The van der Waals surface area contributed by atoms with E-state index in [0.29, 0.717) is 29.5 Å². The minimum atomic E-state index is -0.313. The molecule has 0 unspecified atom stereocenters. The van der Waals surface area contributed by atoms with Gasteiger partial charge in [-0.3, -0.25) is 14.6 Å². The van der Waals surface area contributed by atoms with E-state index in [2.05, 4.69) is 29.5 Å². The molecule has 0 saturated heterocycles. The molecule has 2 amide bonds. The number of ether oxygens (including phenoxy) is 1. The van der Waals surface area contributed by atoms with Crippen molar-refractivity contribution in [1.82, 2.24) is 10.3 Å². The number of nitrogens with one attached hydrogen (secondary N) is 2. The van der Waals surface area contributed by atoms with E-state index < -0.39 is 0 Å². The number of carbonyl (C=O) groups excluding carboxylic acids is 2. The molecule has 0 radical (unpaired) electrons. The highest BCUT2D eigenvalue weighted by atomic mass is 16.5. The third-order valence-electron chi connectivity index (χ3n) is 3.59. The minimum absolute atomic E-state index is 0.224. The fourth-order valence-corrected chi connectivity index (χ4v) is 2.16. The molecule has 2 aromatic rings. The van der Waals surface area contributed by atoms with Crippen molar-refractivity contribution in [3.63, 3.8) is 0 Å². The van der Waals surface area contributed by atoms with Gasteiger partial charge in [-0.2, -0.15) is 0 Å². The van der Waals surface area contributed by atoms with E-state index >= 15 is 0 Å². The Morgan fingerprint density at radius 2 is 1.96 bits per heavy atom. The summed E-state index contributed by atoms with van der Waals surface area (Å²) in [4.78, 5) is 28.5. The van der Waals surface area contributed by atoms with Crippen LogP contribution in [-0.2, 0) is 0 Å². The van der Waals surface area contributed by atoms with Gasteiger partial charge in [0.25, 0.3) is 11.8 Å². The van der Waals surface area contributed by atoms with Crippen LogP contribution >= 0.6 is 0 Å². The zero-order chi connectivity index (χ0) is 18.2. The van der Waals surface area contributed by atoms with Crippen molar-refractivity contribution in [2.45, 2.75) is 20.3 Å². The topological polar surface area (TPSA) is 80.3 Å². The largest absolute Gasteiger partial charge is 0.497 e. The van der Waals surface area contributed by atoms with Crippen molar-refractivity contribution in [3.05, 3.63) is 53.9 Å². The summed E-state index contributed by atoms with van der Waals surface area (Å²) in [7, 11) is 1.56. The standard InChI is InChI=1S/C19H23N3O3/c1-13(2)7-9-21-19(24)17-11-14(8-10-20-17)18(23)22-15-5-4-6-16(12-15)25-3/h4-6,8,10-13H,7,9H2,1-3H3,(H,21,24)(H,22,23). The zero-order valence-corrected chi connectivity index (χ0v) is 14.7. The molecule has 0 aliphatic rings. The predicted octanol–water partition coefficient (Wildman–Crippen LogP) is 3.12. The van der Waals surface area contributed by atoms with Crippen LogP contribution in [-0.4, -0.2) is 30.5 Å². The molecule has 0 spiro atoms. The van der Waals surface area contributed by atoms with Gasteiger partial charge in [-0.05, 0) is 36.6 Å². The van der Waals surface area contributed by atoms with Crippen LogP contribution in [0.2, 0.25) is 0 Å². The number of benzene rings is 1. The van der Waals surface area contributed by atoms with Crippen LogP contribution in [0.15, 0.2) is 42.6 Å². The lowest BCUT2D eigenvalue weighted by atomic mass is 10.1. The molecule has 2 rings (SSSR count). The van der Waals surface area contributed by atoms with E-state index in [1.54, 1.807) is 37.4 Å². The third-order valence-corrected chi connectivity index (χ3v) is 3.59. The van der Waals surface area contributed by atoms with Crippen molar-refractivity contribution in [2.24, 2.45) is 5.92 Å². The van der Waals surface area contributed by atoms with E-state index in [9.17, 15) is 9.59 Å². The highest BCUT2D eigenvalue weighted by Crippen LogP contribution is 2.17. The van der Waals surface area contributed by atoms with Gasteiger partial charge in [0.1, 0.15) is 11.4 Å². The SMILES string of the molecule is COc1cccc(NC(=O)c2ccnc(C(=O)NCCC(C)C)c2)c1. The molecule has 1 aromatic heterocycles. The molecule has 25 heavy (non-hydrogen) atoms. The van der Waals surface area contributed by atoms with Gasteiger partial charge >= 0.3 is 0 Å². The number of nitrogens with zero attached hydrogens (tertiary/aromatic N) is 1. The number of carbonyl (C=O) groups is 2. The van der Waals surface area contributed by atoms with Gasteiger partial charge < -0.3 is 15.4 Å². The fraction of sp³-hybridized carbons (Fsp3) is 0.316. The van der Waals surface area contributed by atoms with Gasteiger partial charge in [-0.1, -0.05) is 19.9 Å². The lowest BCUT2D eigenvalue weighted by molar-refractivity contribution is 0.0947. The second-order valence-corrected chi connectivity index (χ2v) is 6.05. The van der Waals surface area contributed by atoms with Crippen LogP contribution in [0, 0.1) is 5.92 Å². The molecule has 0 bridgehead atoms. The Labute approximate surface area is 147 Å². The summed E-state index contributed by atoms with van der Waals surface area (Å²) < 4.78 is 5.13. The van der Waals surface area contributed by atoms with E-state index in [1.807, 2.05) is 0 Å². The van der Waals surface area contributed by atoms with Crippen molar-refractivity contribution in [1.29, 1.82) is 0 Å². The molecule has 6 heteroatoms. The van der Waals surface area contributed by atoms with E-state index in [1.165, 1.54) is 12.3 Å². The molecule has 1 aromatic carbocycles. The first-order valence-corrected chi connectivity index (χ1v) is 8.19. The predicted molar refractivity (Wildman–Crippen MR) is 97.0 cm³/mol. The number of aromatic nitrogens is 1. The van der Waals surface area contributed by atoms with Gasteiger partial charge in [-0.25, -0.2) is 0 Å². The first-order chi connectivity index (χ1) is 12.0. The second-order valence-electron chi connectivity index (χ2n) is 6.05. The molecular weight excluding hydrogens is 318 g/mol. The van der Waals surface area contributed by atoms with Crippen LogP contribution in [0.25, 0.3) is 0 Å². The molecule has 0 aliphatic carbocycles. The van der Waals surface area contributed by atoms with Crippen LogP contribution in [0.1, 0.15) is 41.1 Å². The maximum absolute atomic E-state index is 12.4. The summed E-state index contributed by atoms with van der Waals surface area (Å²) in [5.74, 6) is 0.564. The molecule has 6 nitrogen and oxygen atoms in total. The lowest BCUT2D eigenvalue weighted by Crippen LogP contribution is -2.26. The van der Waals surface area contributed by atoms with Gasteiger partial charge in [-0.15, -0.1) is 0 Å². The fourth-order valence-electron chi connectivity index (χ4n) is 2.16. The first-order valence-electron chi connectivity index (χ1n) is 8.19. The normalized spacial score (nSPS) is 10.4. The average molecular weight is 341 g/mol. The van der Waals surface area contributed by atoms with Gasteiger partial charge in [0.2, 0.25) is 0 Å². The Morgan fingerprint density at radius 3 is 2.68 bits per heavy atom. The lowest BCUT2D eigenvalue weighted by Gasteiger charge is -2.09. The zero-order valence-electron chi connectivity index (χ0n) is 14.7. The number of hydrogen-bond donors (Lipinski definition) is 2. The second kappa shape index (κ2) is 8.82. The van der Waals surface area contributed by atoms with Crippen LogP contribution in [0.3, 0.4) is 0 Å². The first kappa shape index (κ1) is 18.4. The smallest absolute Gasteiger partial charge is 0.269 e. The Bertz CT molecular complexity index is 744. The third kappa shape index (κ3) is 5.60. The van der Waals surface area contributed by atoms with Gasteiger partial charge in [0.05, 0.1) is 7.11 Å². The number of pyridine rings is 1. The molecule has 2 N–H and O–H groups in total. The van der Waals surface area contributed by atoms with Crippen molar-refractivity contribution < 1.29 is 14.3 Å². The molecule has 0 aliphatic heterocycles. The number of rotatable bonds is 7. The van der Waals surface area contributed by atoms with E-state index in [-0.39, 0.29) is 17.5 Å². The van der Waals surface area contributed by atoms with Crippen LogP contribution in [0.4, 0.5) is 5.69 Å². The molecule has 0 saturated carbocycles. The van der Waals surface area contributed by atoms with Crippen molar-refractivity contribution >= 4 is 17.5 Å². The molecule has 0 atom stereocenters. The van der Waals surface area contributed by atoms with Crippen LogP contribution in [0.5, 0.6) is 5.75 Å². The van der Waals surface area contributed by atoms with Crippen LogP contribution < -0.4 is 15.4 Å². The summed E-state index contributed by atoms with van der Waals surface area (Å²) in [6, 6.07) is 10.1. The summed E-state index contributed by atoms with van der Waals surface area (Å²) >= 11 is 0. The molecule has 132 valence electrons. The maximum atomic E-state index is 12.4. The Hall–Kier alpha value is -2.89. The Kier molecular flexibility index (Phi) is 6.51. The molecule has 0 fully saturated rings. The van der Waals surface area contributed by atoms with Gasteiger partial charge in [0, 0.05) is 30.1 Å². The average Bonchev–Trinajstić information content (AvgIpc) is 2.61. The minimum Gasteiger partial charge on any atom is -0.497 e. The maximum Gasteiger partial charge on any atom is 0.269 e. The summed E-state index contributed by atoms with van der Waals surface area (Å²) in [6.07, 6.45) is 2.35. The summed E-state index contributed by atoms with van der Waals surface area (Å²) in [5.41, 5.74) is 1.21.